The molecule has 0 N–H and O–H groups in total. The molecule has 1 aromatic carbocycles. The number of aryl methyl sites for hydroxylation is 1. The summed E-state index contributed by atoms with van der Waals surface area (Å²) in [5.41, 5.74) is 4.16. The molecule has 5 rings (SSSR count). The Balaban J connectivity index is 1.41. The van der Waals surface area contributed by atoms with Crippen molar-refractivity contribution < 1.29 is 23.8 Å². The molecule has 2 fully saturated rings. The lowest BCUT2D eigenvalue weighted by Crippen LogP contribution is -2.47. The Bertz CT molecular complexity index is 1110. The average Bonchev–Trinajstić information content (AvgIpc) is 3.49. The van der Waals surface area contributed by atoms with Gasteiger partial charge in [0.05, 0.1) is 44.1 Å². The number of carbonyl (C=O) groups excluding carboxylic acids is 2. The molecule has 1 atom stereocenters. The lowest BCUT2D eigenvalue weighted by Gasteiger charge is -2.39. The summed E-state index contributed by atoms with van der Waals surface area (Å²) in [4.78, 5) is 35.1. The summed E-state index contributed by atoms with van der Waals surface area (Å²) < 4.78 is 16.8. The Morgan fingerprint density at radius 1 is 1.23 bits per heavy atom. The lowest BCUT2D eigenvalue weighted by atomic mass is 9.92. The van der Waals surface area contributed by atoms with Gasteiger partial charge in [-0.05, 0) is 24.3 Å². The normalized spacial score (nSPS) is 23.3. The molecule has 1 spiro atoms. The van der Waals surface area contributed by atoms with Gasteiger partial charge in [0.1, 0.15) is 0 Å². The van der Waals surface area contributed by atoms with Crippen LogP contribution in [-0.4, -0.2) is 66.0 Å². The predicted octanol–water partition coefficient (Wildman–Crippen LogP) is 3.89. The van der Waals surface area contributed by atoms with Gasteiger partial charge in [-0.1, -0.05) is 48.5 Å². The highest BCUT2D eigenvalue weighted by atomic mass is 32.2. The highest BCUT2D eigenvalue weighted by Crippen LogP contribution is 2.45. The molecule has 0 aromatic heterocycles. The molecule has 1 aromatic rings. The van der Waals surface area contributed by atoms with Crippen molar-refractivity contribution in [3.63, 3.8) is 0 Å². The monoisotopic (exact) mass is 497 g/mol. The van der Waals surface area contributed by atoms with E-state index in [-0.39, 0.29) is 12.3 Å². The number of esters is 1. The van der Waals surface area contributed by atoms with Crippen molar-refractivity contribution in [3.05, 3.63) is 57.8 Å². The van der Waals surface area contributed by atoms with Crippen LogP contribution in [0.25, 0.3) is 0 Å². The largest absolute Gasteiger partial charge is 0.466 e. The van der Waals surface area contributed by atoms with Crippen LogP contribution in [0.1, 0.15) is 49.8 Å². The first-order valence-electron chi connectivity index (χ1n) is 12.1. The molecule has 4 aliphatic rings. The number of methoxy groups -OCH3 is 1. The maximum Gasteiger partial charge on any atom is 0.338 e. The second kappa shape index (κ2) is 9.79. The van der Waals surface area contributed by atoms with Gasteiger partial charge in [-0.25, -0.2) is 9.79 Å². The van der Waals surface area contributed by atoms with Crippen molar-refractivity contribution >= 4 is 28.8 Å². The number of allylic oxidation sites excluding steroid dienone is 1. The third-order valence-electron chi connectivity index (χ3n) is 7.01. The maximum absolute atomic E-state index is 13.3. The highest BCUT2D eigenvalue weighted by molar-refractivity contribution is 8.16. The number of aliphatic imine (C=N–C) groups is 1. The number of thioether (sulfide) groups is 1. The number of amides is 1. The van der Waals surface area contributed by atoms with Crippen molar-refractivity contribution in [2.75, 3.05) is 33.4 Å². The van der Waals surface area contributed by atoms with E-state index in [1.807, 2.05) is 47.3 Å². The number of rotatable bonds is 5. The van der Waals surface area contributed by atoms with Crippen molar-refractivity contribution in [2.24, 2.45) is 4.99 Å². The zero-order valence-corrected chi connectivity index (χ0v) is 21.2. The molecule has 0 saturated carbocycles. The number of benzene rings is 1. The van der Waals surface area contributed by atoms with Crippen LogP contribution in [0.3, 0.4) is 0 Å². The third kappa shape index (κ3) is 4.52. The zero-order valence-electron chi connectivity index (χ0n) is 20.4. The van der Waals surface area contributed by atoms with E-state index in [1.54, 1.807) is 0 Å². The summed E-state index contributed by atoms with van der Waals surface area (Å²) in [7, 11) is 1.40. The van der Waals surface area contributed by atoms with E-state index in [0.717, 1.165) is 27.7 Å². The number of carbonyl (C=O) groups is 2. The minimum atomic E-state index is -0.515. The number of likely N-dealkylation sites (tertiary alicyclic amines) is 1. The second-order valence-electron chi connectivity index (χ2n) is 9.18. The summed E-state index contributed by atoms with van der Waals surface area (Å²) in [5.74, 6) is -0.852. The van der Waals surface area contributed by atoms with Gasteiger partial charge in [0.25, 0.3) is 0 Å². The fraction of sp³-hybridized carbons (Fsp3) is 0.500. The molecule has 4 aliphatic heterocycles. The Kier molecular flexibility index (Phi) is 6.74. The van der Waals surface area contributed by atoms with Crippen molar-refractivity contribution in [2.45, 2.75) is 51.4 Å². The minimum absolute atomic E-state index is 0.0545. The van der Waals surface area contributed by atoms with Gasteiger partial charge in [-0.15, -0.1) is 0 Å². The van der Waals surface area contributed by atoms with Crippen LogP contribution in [0.4, 0.5) is 0 Å². The molecule has 1 amide bonds. The van der Waals surface area contributed by atoms with Crippen molar-refractivity contribution in [1.29, 1.82) is 0 Å². The molecule has 8 nitrogen and oxygen atoms in total. The van der Waals surface area contributed by atoms with Gasteiger partial charge >= 0.3 is 5.97 Å². The molecule has 186 valence electrons. The molecule has 35 heavy (non-hydrogen) atoms. The summed E-state index contributed by atoms with van der Waals surface area (Å²) in [5, 5.41) is 2.77. The van der Waals surface area contributed by atoms with Crippen LogP contribution in [0.5, 0.6) is 0 Å². The van der Waals surface area contributed by atoms with Gasteiger partial charge in [0.15, 0.2) is 11.0 Å². The quantitative estimate of drug-likeness (QED) is 0.571. The van der Waals surface area contributed by atoms with Crippen LogP contribution in [0.15, 0.2) is 51.6 Å². The second-order valence-corrected chi connectivity index (χ2v) is 10.0. The highest BCUT2D eigenvalue weighted by Gasteiger charge is 2.43. The van der Waals surface area contributed by atoms with E-state index in [1.165, 1.54) is 18.9 Å². The number of hydrogen-bond donors (Lipinski definition) is 0. The molecule has 9 heteroatoms. The Hall–Kier alpha value is -2.62. The number of piperidine rings is 1. The van der Waals surface area contributed by atoms with Crippen LogP contribution in [0, 0.1) is 6.92 Å². The molecular formula is C26H31N3O5S. The fourth-order valence-electron chi connectivity index (χ4n) is 5.22. The van der Waals surface area contributed by atoms with Crippen molar-refractivity contribution in [3.8, 4) is 0 Å². The first kappa shape index (κ1) is 24.1. The van der Waals surface area contributed by atoms with Gasteiger partial charge in [0, 0.05) is 31.6 Å². The van der Waals surface area contributed by atoms with Crippen LogP contribution in [0.2, 0.25) is 0 Å². The first-order chi connectivity index (χ1) is 16.9. The van der Waals surface area contributed by atoms with Gasteiger partial charge in [-0.3, -0.25) is 4.79 Å². The summed E-state index contributed by atoms with van der Waals surface area (Å²) in [6.45, 7) is 6.47. The van der Waals surface area contributed by atoms with E-state index < -0.39 is 17.8 Å². The lowest BCUT2D eigenvalue weighted by molar-refractivity contribution is -0.187. The first-order valence-corrected chi connectivity index (χ1v) is 13.0. The minimum Gasteiger partial charge on any atom is -0.466 e. The number of amidine groups is 1. The van der Waals surface area contributed by atoms with Crippen LogP contribution < -0.4 is 0 Å². The summed E-state index contributed by atoms with van der Waals surface area (Å²) in [6, 6.07) is 7.72. The number of ether oxygens (including phenoxy) is 3. The van der Waals surface area contributed by atoms with E-state index in [0.29, 0.717) is 51.1 Å². The molecule has 0 unspecified atom stereocenters. The summed E-state index contributed by atoms with van der Waals surface area (Å²) >= 11 is 1.50. The van der Waals surface area contributed by atoms with E-state index in [9.17, 15) is 9.59 Å². The molecule has 0 bridgehead atoms. The zero-order chi connectivity index (χ0) is 24.6. The van der Waals surface area contributed by atoms with E-state index in [4.69, 9.17) is 19.2 Å². The van der Waals surface area contributed by atoms with E-state index >= 15 is 0 Å². The van der Waals surface area contributed by atoms with Gasteiger partial charge in [0.2, 0.25) is 5.91 Å². The standard InChI is InChI=1S/C26H31N3O5S/c1-4-20-22(24(31)32-3)23(18-7-5-6-17(2)14-18)29-19(16-35-25(29)27-20)15-21(30)28-10-8-26(9-11-28)33-12-13-34-26/h5-7,14,16,23H,4,8-13,15H2,1-3H3/t23-/m1/s1. The van der Waals surface area contributed by atoms with Crippen molar-refractivity contribution in [1.82, 2.24) is 9.80 Å². The Morgan fingerprint density at radius 3 is 2.63 bits per heavy atom. The topological polar surface area (TPSA) is 80.7 Å². The summed E-state index contributed by atoms with van der Waals surface area (Å²) in [6.07, 6.45) is 2.21. The molecular weight excluding hydrogens is 466 g/mol. The molecule has 0 aliphatic carbocycles. The smallest absolute Gasteiger partial charge is 0.338 e. The molecule has 0 radical (unpaired) electrons. The maximum atomic E-state index is 13.3. The Morgan fingerprint density at radius 2 is 1.97 bits per heavy atom. The molecule has 4 heterocycles. The molecule has 2 saturated heterocycles. The van der Waals surface area contributed by atoms with E-state index in [2.05, 4.69) is 6.07 Å². The predicted molar refractivity (Wildman–Crippen MR) is 133 cm³/mol. The SMILES string of the molecule is CCC1=C(C(=O)OC)[C@@H](c2cccc(C)c2)N2C(CC(=O)N3CCC4(CC3)OCCO4)=CSC2=N1. The van der Waals surface area contributed by atoms with Crippen LogP contribution >= 0.6 is 11.8 Å². The Labute approximate surface area is 210 Å². The number of nitrogens with zero attached hydrogens (tertiary/aromatic N) is 3. The number of hydrogen-bond acceptors (Lipinski definition) is 8. The van der Waals surface area contributed by atoms with Gasteiger partial charge < -0.3 is 24.0 Å². The average molecular weight is 498 g/mol. The number of fused-ring (bicyclic) bond motifs is 1. The third-order valence-corrected chi connectivity index (χ3v) is 7.90. The van der Waals surface area contributed by atoms with Gasteiger partial charge in [-0.2, -0.15) is 0 Å². The van der Waals surface area contributed by atoms with Crippen LogP contribution in [-0.2, 0) is 23.8 Å². The fourth-order valence-corrected chi connectivity index (χ4v) is 6.15.